The van der Waals surface area contributed by atoms with Gasteiger partial charge in [-0.15, -0.1) is 0 Å². The van der Waals surface area contributed by atoms with Gasteiger partial charge >= 0.3 is 0 Å². The summed E-state index contributed by atoms with van der Waals surface area (Å²) in [6.07, 6.45) is 1.70. The van der Waals surface area contributed by atoms with Gasteiger partial charge in [-0.1, -0.05) is 42.5 Å². The van der Waals surface area contributed by atoms with E-state index in [0.717, 1.165) is 11.1 Å². The van der Waals surface area contributed by atoms with Gasteiger partial charge in [0.25, 0.3) is 0 Å². The SMILES string of the molecule is C=C/C(=C(/C#N)NC)c1cccc(C)c1. The molecule has 0 aliphatic carbocycles. The minimum absolute atomic E-state index is 0.538. The van der Waals surface area contributed by atoms with E-state index in [2.05, 4.69) is 18.0 Å². The molecule has 0 atom stereocenters. The van der Waals surface area contributed by atoms with Crippen molar-refractivity contribution in [3.8, 4) is 6.07 Å². The number of nitrogens with zero attached hydrogens (tertiary/aromatic N) is 1. The highest BCUT2D eigenvalue weighted by atomic mass is 14.8. The van der Waals surface area contributed by atoms with Crippen molar-refractivity contribution in [1.82, 2.24) is 5.32 Å². The summed E-state index contributed by atoms with van der Waals surface area (Å²) < 4.78 is 0. The fraction of sp³-hybridized carbons (Fsp3) is 0.154. The molecule has 1 aromatic carbocycles. The summed E-state index contributed by atoms with van der Waals surface area (Å²) >= 11 is 0. The summed E-state index contributed by atoms with van der Waals surface area (Å²) in [6, 6.07) is 10.1. The summed E-state index contributed by atoms with van der Waals surface area (Å²) in [6.45, 7) is 5.76. The first kappa shape index (κ1) is 11.1. The van der Waals surface area contributed by atoms with Crippen molar-refractivity contribution in [2.45, 2.75) is 6.92 Å². The van der Waals surface area contributed by atoms with Crippen molar-refractivity contribution in [1.29, 1.82) is 5.26 Å². The van der Waals surface area contributed by atoms with Crippen LogP contribution in [0.3, 0.4) is 0 Å². The molecule has 76 valence electrons. The summed E-state index contributed by atoms with van der Waals surface area (Å²) in [7, 11) is 1.73. The molecule has 0 heterocycles. The molecule has 0 saturated heterocycles. The maximum absolute atomic E-state index is 8.94. The smallest absolute Gasteiger partial charge is 0.121 e. The summed E-state index contributed by atoms with van der Waals surface area (Å²) in [5.74, 6) is 0. The highest BCUT2D eigenvalue weighted by molar-refractivity contribution is 5.78. The number of aryl methyl sites for hydroxylation is 1. The van der Waals surface area contributed by atoms with E-state index >= 15 is 0 Å². The molecule has 0 fully saturated rings. The molecule has 0 saturated carbocycles. The summed E-state index contributed by atoms with van der Waals surface area (Å²) in [5, 5.41) is 11.8. The van der Waals surface area contributed by atoms with Gasteiger partial charge in [-0.05, 0) is 12.5 Å². The van der Waals surface area contributed by atoms with Gasteiger partial charge in [-0.25, -0.2) is 0 Å². The van der Waals surface area contributed by atoms with Crippen LogP contribution in [0, 0.1) is 18.3 Å². The highest BCUT2D eigenvalue weighted by Gasteiger charge is 2.04. The largest absolute Gasteiger partial charge is 0.379 e. The molecule has 0 bridgehead atoms. The zero-order valence-electron chi connectivity index (χ0n) is 9.04. The lowest BCUT2D eigenvalue weighted by atomic mass is 10.0. The second-order valence-electron chi connectivity index (χ2n) is 3.22. The zero-order valence-corrected chi connectivity index (χ0v) is 9.04. The second kappa shape index (κ2) is 5.02. The Balaban J connectivity index is 3.31. The quantitative estimate of drug-likeness (QED) is 0.598. The minimum Gasteiger partial charge on any atom is -0.379 e. The Kier molecular flexibility index (Phi) is 3.70. The van der Waals surface area contributed by atoms with E-state index in [1.165, 1.54) is 5.56 Å². The number of nitriles is 1. The number of rotatable bonds is 3. The van der Waals surface area contributed by atoms with E-state index in [-0.39, 0.29) is 0 Å². The van der Waals surface area contributed by atoms with Gasteiger partial charge in [0.1, 0.15) is 11.8 Å². The topological polar surface area (TPSA) is 35.8 Å². The molecule has 0 amide bonds. The van der Waals surface area contributed by atoms with Crippen LogP contribution in [-0.4, -0.2) is 7.05 Å². The maximum Gasteiger partial charge on any atom is 0.121 e. The third-order valence-corrected chi connectivity index (χ3v) is 2.16. The average Bonchev–Trinajstić information content (AvgIpc) is 2.25. The molecule has 15 heavy (non-hydrogen) atoms. The van der Waals surface area contributed by atoms with Gasteiger partial charge in [0, 0.05) is 12.6 Å². The number of benzene rings is 1. The van der Waals surface area contributed by atoms with E-state index in [9.17, 15) is 0 Å². The van der Waals surface area contributed by atoms with Crippen LogP contribution < -0.4 is 5.32 Å². The molecule has 1 rings (SSSR count). The van der Waals surface area contributed by atoms with E-state index in [0.29, 0.717) is 5.70 Å². The van der Waals surface area contributed by atoms with Gasteiger partial charge in [-0.3, -0.25) is 0 Å². The standard InChI is InChI=1S/C13H14N2/c1-4-12(13(9-14)15-3)11-7-5-6-10(2)8-11/h4-8,15H,1H2,2-3H3/b13-12+. The lowest BCUT2D eigenvalue weighted by Crippen LogP contribution is -2.06. The van der Waals surface area contributed by atoms with Crippen LogP contribution in [0.1, 0.15) is 11.1 Å². The van der Waals surface area contributed by atoms with Crippen molar-refractivity contribution >= 4 is 5.57 Å². The van der Waals surface area contributed by atoms with Gasteiger partial charge in [-0.2, -0.15) is 5.26 Å². The Morgan fingerprint density at radius 1 is 1.53 bits per heavy atom. The molecule has 0 radical (unpaired) electrons. The van der Waals surface area contributed by atoms with E-state index < -0.39 is 0 Å². The molecule has 1 N–H and O–H groups in total. The van der Waals surface area contributed by atoms with Crippen LogP contribution in [0.5, 0.6) is 0 Å². The number of hydrogen-bond donors (Lipinski definition) is 1. The monoisotopic (exact) mass is 198 g/mol. The van der Waals surface area contributed by atoms with Crippen LogP contribution in [0.2, 0.25) is 0 Å². The second-order valence-corrected chi connectivity index (χ2v) is 3.22. The van der Waals surface area contributed by atoms with Gasteiger partial charge < -0.3 is 5.32 Å². The number of nitrogens with one attached hydrogen (secondary N) is 1. The molecule has 2 nitrogen and oxygen atoms in total. The van der Waals surface area contributed by atoms with Gasteiger partial charge in [0.05, 0.1) is 0 Å². The molecule has 0 aliphatic rings. The van der Waals surface area contributed by atoms with E-state index in [4.69, 9.17) is 5.26 Å². The van der Waals surface area contributed by atoms with Crippen molar-refractivity contribution < 1.29 is 0 Å². The fourth-order valence-electron chi connectivity index (χ4n) is 1.43. The lowest BCUT2D eigenvalue weighted by Gasteiger charge is -2.06. The first-order valence-electron chi connectivity index (χ1n) is 4.74. The Morgan fingerprint density at radius 3 is 2.73 bits per heavy atom. The first-order chi connectivity index (χ1) is 7.22. The van der Waals surface area contributed by atoms with Crippen LogP contribution in [-0.2, 0) is 0 Å². The average molecular weight is 198 g/mol. The molecule has 2 heteroatoms. The Bertz CT molecular complexity index is 436. The van der Waals surface area contributed by atoms with Crippen LogP contribution in [0.25, 0.3) is 5.57 Å². The minimum atomic E-state index is 0.538. The Hall–Kier alpha value is -2.01. The molecular weight excluding hydrogens is 184 g/mol. The van der Waals surface area contributed by atoms with Gasteiger partial charge in [0.2, 0.25) is 0 Å². The van der Waals surface area contributed by atoms with Crippen molar-refractivity contribution in [2.75, 3.05) is 7.05 Å². The zero-order chi connectivity index (χ0) is 11.3. The van der Waals surface area contributed by atoms with E-state index in [1.807, 2.05) is 31.2 Å². The van der Waals surface area contributed by atoms with Crippen LogP contribution in [0.4, 0.5) is 0 Å². The Labute approximate surface area is 90.5 Å². The third kappa shape index (κ3) is 2.47. The highest BCUT2D eigenvalue weighted by Crippen LogP contribution is 2.19. The molecule has 0 aliphatic heterocycles. The van der Waals surface area contributed by atoms with E-state index in [1.54, 1.807) is 13.1 Å². The van der Waals surface area contributed by atoms with Crippen molar-refractivity contribution in [3.63, 3.8) is 0 Å². The molecule has 0 aromatic heterocycles. The third-order valence-electron chi connectivity index (χ3n) is 2.16. The van der Waals surface area contributed by atoms with Crippen LogP contribution in [0.15, 0.2) is 42.6 Å². The predicted octanol–water partition coefficient (Wildman–Crippen LogP) is 2.64. The predicted molar refractivity (Wildman–Crippen MR) is 63.0 cm³/mol. The number of hydrogen-bond acceptors (Lipinski definition) is 2. The van der Waals surface area contributed by atoms with Gasteiger partial charge in [0.15, 0.2) is 0 Å². The fourth-order valence-corrected chi connectivity index (χ4v) is 1.43. The number of allylic oxidation sites excluding steroid dienone is 3. The van der Waals surface area contributed by atoms with Crippen molar-refractivity contribution in [2.24, 2.45) is 0 Å². The Morgan fingerprint density at radius 2 is 2.27 bits per heavy atom. The molecular formula is C13H14N2. The molecule has 0 spiro atoms. The normalized spacial score (nSPS) is 11.3. The summed E-state index contributed by atoms with van der Waals surface area (Å²) in [4.78, 5) is 0. The first-order valence-corrected chi connectivity index (χ1v) is 4.74. The summed E-state index contributed by atoms with van der Waals surface area (Å²) in [5.41, 5.74) is 3.55. The lowest BCUT2D eigenvalue weighted by molar-refractivity contribution is 1.04. The van der Waals surface area contributed by atoms with Crippen molar-refractivity contribution in [3.05, 3.63) is 53.7 Å². The molecule has 0 unspecified atom stereocenters. The van der Waals surface area contributed by atoms with Crippen LogP contribution >= 0.6 is 0 Å². The maximum atomic E-state index is 8.94. The molecule has 1 aromatic rings.